The molecule has 0 spiro atoms. The summed E-state index contributed by atoms with van der Waals surface area (Å²) in [6.45, 7) is 5.52. The zero-order chi connectivity index (χ0) is 16.3. The summed E-state index contributed by atoms with van der Waals surface area (Å²) in [5.74, 6) is 0.654. The topological polar surface area (TPSA) is 39.7 Å². The molecule has 0 bridgehead atoms. The van der Waals surface area contributed by atoms with Gasteiger partial charge in [0.15, 0.2) is 5.96 Å². The van der Waals surface area contributed by atoms with Crippen LogP contribution in [0.1, 0.15) is 31.2 Å². The average molecular weight is 320 g/mol. The van der Waals surface area contributed by atoms with Crippen LogP contribution < -0.4 is 10.6 Å². The van der Waals surface area contributed by atoms with Gasteiger partial charge in [-0.1, -0.05) is 12.1 Å². The minimum absolute atomic E-state index is 0.187. The van der Waals surface area contributed by atoms with Crippen molar-refractivity contribution in [1.29, 1.82) is 0 Å². The molecule has 1 aliphatic rings. The Kier molecular flexibility index (Phi) is 7.87. The summed E-state index contributed by atoms with van der Waals surface area (Å²) >= 11 is 0. The second-order valence-electron chi connectivity index (χ2n) is 6.06. The highest BCUT2D eigenvalue weighted by Crippen LogP contribution is 2.07. The number of likely N-dealkylation sites (tertiary alicyclic amines) is 1. The van der Waals surface area contributed by atoms with E-state index >= 15 is 0 Å². The van der Waals surface area contributed by atoms with Crippen molar-refractivity contribution in [1.82, 2.24) is 15.5 Å². The van der Waals surface area contributed by atoms with Gasteiger partial charge in [0.1, 0.15) is 5.82 Å². The largest absolute Gasteiger partial charge is 0.356 e. The number of hydrogen-bond acceptors (Lipinski definition) is 2. The molecular formula is C18H29FN4. The van der Waals surface area contributed by atoms with Crippen LogP contribution in [0.2, 0.25) is 0 Å². The van der Waals surface area contributed by atoms with Crippen LogP contribution >= 0.6 is 0 Å². The van der Waals surface area contributed by atoms with Crippen LogP contribution in [0, 0.1) is 5.82 Å². The second-order valence-corrected chi connectivity index (χ2v) is 6.06. The molecule has 128 valence electrons. The SMILES string of the molecule is CN=C(NCCCCN1CCCC1)NCCc1ccc(F)cc1. The molecule has 1 aromatic carbocycles. The van der Waals surface area contributed by atoms with Gasteiger partial charge in [-0.3, -0.25) is 4.99 Å². The van der Waals surface area contributed by atoms with E-state index in [9.17, 15) is 4.39 Å². The summed E-state index contributed by atoms with van der Waals surface area (Å²) in [6, 6.07) is 6.66. The third-order valence-corrected chi connectivity index (χ3v) is 4.24. The average Bonchev–Trinajstić information content (AvgIpc) is 3.08. The number of unbranched alkanes of at least 4 members (excludes halogenated alkanes) is 1. The summed E-state index contributed by atoms with van der Waals surface area (Å²) in [5, 5.41) is 6.65. The number of hydrogen-bond donors (Lipinski definition) is 2. The molecule has 0 aromatic heterocycles. The molecule has 1 aromatic rings. The van der Waals surface area contributed by atoms with Gasteiger partial charge in [-0.05, 0) is 69.4 Å². The minimum Gasteiger partial charge on any atom is -0.356 e. The molecule has 0 aliphatic carbocycles. The number of rotatable bonds is 8. The monoisotopic (exact) mass is 320 g/mol. The zero-order valence-electron chi connectivity index (χ0n) is 14.2. The van der Waals surface area contributed by atoms with Crippen molar-refractivity contribution in [2.75, 3.05) is 39.8 Å². The molecular weight excluding hydrogens is 291 g/mol. The van der Waals surface area contributed by atoms with Crippen LogP contribution in [-0.2, 0) is 6.42 Å². The van der Waals surface area contributed by atoms with Crippen LogP contribution in [0.15, 0.2) is 29.3 Å². The standard InChI is InChI=1S/C18H29FN4/c1-20-18(21-11-2-3-13-23-14-4-5-15-23)22-12-10-16-6-8-17(19)9-7-16/h6-9H,2-5,10-15H2,1H3,(H2,20,21,22). The Morgan fingerprint density at radius 2 is 1.78 bits per heavy atom. The Morgan fingerprint density at radius 1 is 1.09 bits per heavy atom. The maximum Gasteiger partial charge on any atom is 0.190 e. The van der Waals surface area contributed by atoms with E-state index in [1.54, 1.807) is 7.05 Å². The van der Waals surface area contributed by atoms with Crippen molar-refractivity contribution in [2.24, 2.45) is 4.99 Å². The number of guanidine groups is 1. The maximum absolute atomic E-state index is 12.8. The minimum atomic E-state index is -0.187. The van der Waals surface area contributed by atoms with Crippen molar-refractivity contribution >= 4 is 5.96 Å². The van der Waals surface area contributed by atoms with Gasteiger partial charge in [-0.15, -0.1) is 0 Å². The van der Waals surface area contributed by atoms with Crippen molar-refractivity contribution in [3.05, 3.63) is 35.6 Å². The highest BCUT2D eigenvalue weighted by atomic mass is 19.1. The van der Waals surface area contributed by atoms with Crippen molar-refractivity contribution in [3.63, 3.8) is 0 Å². The molecule has 1 fully saturated rings. The third-order valence-electron chi connectivity index (χ3n) is 4.24. The fourth-order valence-electron chi connectivity index (χ4n) is 2.87. The number of halogens is 1. The Labute approximate surface area is 139 Å². The Balaban J connectivity index is 1.53. The first-order valence-electron chi connectivity index (χ1n) is 8.69. The van der Waals surface area contributed by atoms with Crippen LogP contribution in [0.3, 0.4) is 0 Å². The molecule has 2 rings (SSSR count). The summed E-state index contributed by atoms with van der Waals surface area (Å²) in [5.41, 5.74) is 1.12. The van der Waals surface area contributed by atoms with E-state index in [2.05, 4.69) is 20.5 Å². The first kappa shape index (κ1) is 17.7. The van der Waals surface area contributed by atoms with Gasteiger partial charge in [0.05, 0.1) is 0 Å². The molecule has 0 radical (unpaired) electrons. The van der Waals surface area contributed by atoms with Crippen molar-refractivity contribution in [3.8, 4) is 0 Å². The summed E-state index contributed by atoms with van der Waals surface area (Å²) < 4.78 is 12.8. The Morgan fingerprint density at radius 3 is 2.48 bits per heavy atom. The van der Waals surface area contributed by atoms with E-state index in [0.717, 1.165) is 37.5 Å². The summed E-state index contributed by atoms with van der Waals surface area (Å²) in [6.07, 6.45) is 5.98. The van der Waals surface area contributed by atoms with Gasteiger partial charge in [-0.2, -0.15) is 0 Å². The number of nitrogens with zero attached hydrogens (tertiary/aromatic N) is 2. The molecule has 1 saturated heterocycles. The van der Waals surface area contributed by atoms with Gasteiger partial charge >= 0.3 is 0 Å². The van der Waals surface area contributed by atoms with Gasteiger partial charge in [0.25, 0.3) is 0 Å². The molecule has 0 saturated carbocycles. The van der Waals surface area contributed by atoms with E-state index in [1.165, 1.54) is 51.0 Å². The van der Waals surface area contributed by atoms with E-state index in [1.807, 2.05) is 12.1 Å². The van der Waals surface area contributed by atoms with Crippen LogP contribution in [0.25, 0.3) is 0 Å². The van der Waals surface area contributed by atoms with Gasteiger partial charge in [-0.25, -0.2) is 4.39 Å². The number of benzene rings is 1. The van der Waals surface area contributed by atoms with E-state index < -0.39 is 0 Å². The predicted molar refractivity (Wildman–Crippen MR) is 94.4 cm³/mol. The van der Waals surface area contributed by atoms with Crippen molar-refractivity contribution in [2.45, 2.75) is 32.1 Å². The molecule has 4 nitrogen and oxygen atoms in total. The lowest BCUT2D eigenvalue weighted by Crippen LogP contribution is -2.38. The highest BCUT2D eigenvalue weighted by Gasteiger charge is 2.09. The summed E-state index contributed by atoms with van der Waals surface area (Å²) in [7, 11) is 1.79. The Bertz CT molecular complexity index is 466. The molecule has 0 unspecified atom stereocenters. The highest BCUT2D eigenvalue weighted by molar-refractivity contribution is 5.79. The lowest BCUT2D eigenvalue weighted by molar-refractivity contribution is 0.330. The van der Waals surface area contributed by atoms with Gasteiger partial charge < -0.3 is 15.5 Å². The van der Waals surface area contributed by atoms with E-state index in [-0.39, 0.29) is 5.82 Å². The molecule has 2 N–H and O–H groups in total. The predicted octanol–water partition coefficient (Wildman–Crippen LogP) is 2.41. The quantitative estimate of drug-likeness (QED) is 0.439. The van der Waals surface area contributed by atoms with Gasteiger partial charge in [0, 0.05) is 20.1 Å². The molecule has 0 atom stereocenters. The molecule has 0 amide bonds. The van der Waals surface area contributed by atoms with E-state index in [4.69, 9.17) is 0 Å². The Hall–Kier alpha value is -1.62. The van der Waals surface area contributed by atoms with Crippen LogP contribution in [0.4, 0.5) is 4.39 Å². The zero-order valence-corrected chi connectivity index (χ0v) is 14.2. The first-order valence-corrected chi connectivity index (χ1v) is 8.69. The fraction of sp³-hybridized carbons (Fsp3) is 0.611. The van der Waals surface area contributed by atoms with E-state index in [0.29, 0.717) is 0 Å². The first-order chi connectivity index (χ1) is 11.3. The third kappa shape index (κ3) is 6.99. The van der Waals surface area contributed by atoms with Crippen LogP contribution in [0.5, 0.6) is 0 Å². The second kappa shape index (κ2) is 10.2. The van der Waals surface area contributed by atoms with Gasteiger partial charge in [0.2, 0.25) is 0 Å². The number of aliphatic imine (C=N–C) groups is 1. The lowest BCUT2D eigenvalue weighted by atomic mass is 10.1. The van der Waals surface area contributed by atoms with Crippen LogP contribution in [-0.4, -0.2) is 50.6 Å². The lowest BCUT2D eigenvalue weighted by Gasteiger charge is -2.15. The molecule has 1 aliphatic heterocycles. The molecule has 1 heterocycles. The fourth-order valence-corrected chi connectivity index (χ4v) is 2.87. The normalized spacial score (nSPS) is 15.8. The van der Waals surface area contributed by atoms with Crippen molar-refractivity contribution < 1.29 is 4.39 Å². The molecule has 5 heteroatoms. The smallest absolute Gasteiger partial charge is 0.190 e. The maximum atomic E-state index is 12.8. The molecule has 23 heavy (non-hydrogen) atoms. The summed E-state index contributed by atoms with van der Waals surface area (Å²) in [4.78, 5) is 6.78. The number of nitrogens with one attached hydrogen (secondary N) is 2.